The zero-order valence-electron chi connectivity index (χ0n) is 10.4. The number of amides is 1. The first-order valence-corrected chi connectivity index (χ1v) is 6.91. The van der Waals surface area contributed by atoms with Gasteiger partial charge in [0.05, 0.1) is 12.5 Å². The number of carbonyl (C=O) groups is 2. The summed E-state index contributed by atoms with van der Waals surface area (Å²) in [5.74, 6) is -0.120. The van der Waals surface area contributed by atoms with Crippen molar-refractivity contribution in [1.82, 2.24) is 4.90 Å². The molecule has 96 valence electrons. The Morgan fingerprint density at radius 3 is 2.89 bits per heavy atom. The van der Waals surface area contributed by atoms with E-state index < -0.39 is 0 Å². The van der Waals surface area contributed by atoms with Crippen LogP contribution >= 0.6 is 15.9 Å². The quantitative estimate of drug-likeness (QED) is 0.805. The highest BCUT2D eigenvalue weighted by Gasteiger charge is 2.30. The SMILES string of the molecule is CC(=O)CC(=O)N1CCCC1c1cccc(Br)c1. The average molecular weight is 310 g/mol. The van der Waals surface area contributed by atoms with Gasteiger partial charge in [-0.2, -0.15) is 0 Å². The minimum atomic E-state index is -0.0695. The van der Waals surface area contributed by atoms with Gasteiger partial charge in [0.25, 0.3) is 0 Å². The molecule has 0 N–H and O–H groups in total. The minimum Gasteiger partial charge on any atom is -0.335 e. The van der Waals surface area contributed by atoms with Crippen LogP contribution in [0.5, 0.6) is 0 Å². The van der Waals surface area contributed by atoms with E-state index in [0.717, 1.165) is 29.4 Å². The zero-order chi connectivity index (χ0) is 13.1. The van der Waals surface area contributed by atoms with Crippen molar-refractivity contribution in [3.05, 3.63) is 34.3 Å². The number of rotatable bonds is 3. The topological polar surface area (TPSA) is 37.4 Å². The van der Waals surface area contributed by atoms with Crippen molar-refractivity contribution in [3.63, 3.8) is 0 Å². The van der Waals surface area contributed by atoms with E-state index in [2.05, 4.69) is 15.9 Å². The molecule has 1 aromatic carbocycles. The molecule has 0 spiro atoms. The number of ketones is 1. The third kappa shape index (κ3) is 2.99. The van der Waals surface area contributed by atoms with Gasteiger partial charge >= 0.3 is 0 Å². The summed E-state index contributed by atoms with van der Waals surface area (Å²) in [6.07, 6.45) is 1.99. The fourth-order valence-corrected chi connectivity index (χ4v) is 2.86. The van der Waals surface area contributed by atoms with E-state index in [0.29, 0.717) is 0 Å². The second kappa shape index (κ2) is 5.65. The largest absolute Gasteiger partial charge is 0.335 e. The molecule has 1 fully saturated rings. The third-order valence-corrected chi connectivity index (χ3v) is 3.70. The number of likely N-dealkylation sites (tertiary alicyclic amines) is 1. The number of halogens is 1. The molecule has 1 unspecified atom stereocenters. The summed E-state index contributed by atoms with van der Waals surface area (Å²) < 4.78 is 1.02. The smallest absolute Gasteiger partial charge is 0.230 e. The van der Waals surface area contributed by atoms with Gasteiger partial charge < -0.3 is 4.90 Å². The van der Waals surface area contributed by atoms with Crippen molar-refractivity contribution in [2.45, 2.75) is 32.2 Å². The summed E-state index contributed by atoms with van der Waals surface area (Å²) in [6.45, 7) is 2.21. The van der Waals surface area contributed by atoms with Crippen molar-refractivity contribution < 1.29 is 9.59 Å². The monoisotopic (exact) mass is 309 g/mol. The first-order chi connectivity index (χ1) is 8.58. The molecular weight excluding hydrogens is 294 g/mol. The molecule has 4 heteroatoms. The molecule has 1 atom stereocenters. The van der Waals surface area contributed by atoms with E-state index in [4.69, 9.17) is 0 Å². The number of Topliss-reactive ketones (excluding diaryl/α,β-unsaturated/α-hetero) is 1. The Hall–Kier alpha value is -1.16. The Bertz CT molecular complexity index is 473. The lowest BCUT2D eigenvalue weighted by Crippen LogP contribution is -2.31. The second-order valence-corrected chi connectivity index (χ2v) is 5.59. The van der Waals surface area contributed by atoms with Crippen LogP contribution in [0.25, 0.3) is 0 Å². The standard InChI is InChI=1S/C14H16BrNO2/c1-10(17)8-14(18)16-7-3-6-13(16)11-4-2-5-12(15)9-11/h2,4-5,9,13H,3,6-8H2,1H3. The van der Waals surface area contributed by atoms with E-state index in [1.54, 1.807) is 0 Å². The lowest BCUT2D eigenvalue weighted by atomic mass is 10.0. The minimum absolute atomic E-state index is 0.0184. The van der Waals surface area contributed by atoms with Crippen LogP contribution < -0.4 is 0 Å². The Balaban J connectivity index is 2.17. The fourth-order valence-electron chi connectivity index (χ4n) is 2.44. The van der Waals surface area contributed by atoms with Gasteiger partial charge in [0.1, 0.15) is 5.78 Å². The Morgan fingerprint density at radius 2 is 2.22 bits per heavy atom. The third-order valence-electron chi connectivity index (χ3n) is 3.21. The van der Waals surface area contributed by atoms with Crippen LogP contribution in [0.3, 0.4) is 0 Å². The van der Waals surface area contributed by atoms with Crippen LogP contribution in [0.15, 0.2) is 28.7 Å². The molecule has 0 aromatic heterocycles. The number of benzene rings is 1. The van der Waals surface area contributed by atoms with Crippen molar-refractivity contribution >= 4 is 27.6 Å². The molecule has 2 rings (SSSR count). The number of carbonyl (C=O) groups excluding carboxylic acids is 2. The maximum Gasteiger partial charge on any atom is 0.230 e. The summed E-state index contributed by atoms with van der Waals surface area (Å²) in [6, 6.07) is 8.15. The van der Waals surface area contributed by atoms with Crippen molar-refractivity contribution in [2.75, 3.05) is 6.54 Å². The summed E-state index contributed by atoms with van der Waals surface area (Å²) in [5, 5.41) is 0. The molecule has 1 aliphatic rings. The normalized spacial score (nSPS) is 19.0. The maximum atomic E-state index is 12.0. The van der Waals surface area contributed by atoms with E-state index in [1.807, 2.05) is 29.2 Å². The average Bonchev–Trinajstić information content (AvgIpc) is 2.76. The van der Waals surface area contributed by atoms with Gasteiger partial charge in [0.2, 0.25) is 5.91 Å². The zero-order valence-corrected chi connectivity index (χ0v) is 11.9. The Kier molecular flexibility index (Phi) is 4.17. The van der Waals surface area contributed by atoms with Gasteiger partial charge in [0, 0.05) is 11.0 Å². The van der Waals surface area contributed by atoms with Gasteiger partial charge in [-0.1, -0.05) is 28.1 Å². The van der Waals surface area contributed by atoms with Crippen LogP contribution in [0.2, 0.25) is 0 Å². The van der Waals surface area contributed by atoms with E-state index in [1.165, 1.54) is 6.92 Å². The highest BCUT2D eigenvalue weighted by Crippen LogP contribution is 2.33. The van der Waals surface area contributed by atoms with Crippen LogP contribution in [0, 0.1) is 0 Å². The summed E-state index contributed by atoms with van der Waals surface area (Å²) >= 11 is 3.45. The predicted molar refractivity (Wildman–Crippen MR) is 73.1 cm³/mol. The van der Waals surface area contributed by atoms with Gasteiger partial charge in [-0.05, 0) is 37.5 Å². The lowest BCUT2D eigenvalue weighted by molar-refractivity contribution is -0.135. The molecule has 3 nitrogen and oxygen atoms in total. The molecule has 0 radical (unpaired) electrons. The maximum absolute atomic E-state index is 12.0. The molecule has 0 bridgehead atoms. The Morgan fingerprint density at radius 1 is 1.44 bits per heavy atom. The summed E-state index contributed by atoms with van der Waals surface area (Å²) in [4.78, 5) is 24.9. The summed E-state index contributed by atoms with van der Waals surface area (Å²) in [7, 11) is 0. The predicted octanol–water partition coefficient (Wildman–Crippen LogP) is 3.09. The summed E-state index contributed by atoms with van der Waals surface area (Å²) in [5.41, 5.74) is 1.14. The van der Waals surface area contributed by atoms with Crippen LogP contribution in [0.1, 0.15) is 37.8 Å². The fraction of sp³-hybridized carbons (Fsp3) is 0.429. The highest BCUT2D eigenvalue weighted by molar-refractivity contribution is 9.10. The second-order valence-electron chi connectivity index (χ2n) is 4.68. The van der Waals surface area contributed by atoms with E-state index in [9.17, 15) is 9.59 Å². The molecule has 1 amide bonds. The van der Waals surface area contributed by atoms with Crippen molar-refractivity contribution in [3.8, 4) is 0 Å². The van der Waals surface area contributed by atoms with Crippen molar-refractivity contribution in [2.24, 2.45) is 0 Å². The number of nitrogens with zero attached hydrogens (tertiary/aromatic N) is 1. The number of hydrogen-bond acceptors (Lipinski definition) is 2. The van der Waals surface area contributed by atoms with Crippen LogP contribution in [-0.2, 0) is 9.59 Å². The molecule has 0 saturated carbocycles. The molecule has 0 aliphatic carbocycles. The van der Waals surface area contributed by atoms with Gasteiger partial charge in [0.15, 0.2) is 0 Å². The molecule has 1 heterocycles. The van der Waals surface area contributed by atoms with Gasteiger partial charge in [-0.15, -0.1) is 0 Å². The van der Waals surface area contributed by atoms with Crippen molar-refractivity contribution in [1.29, 1.82) is 0 Å². The first kappa shape index (κ1) is 13.3. The molecule has 1 saturated heterocycles. The molecule has 1 aliphatic heterocycles. The Labute approximate surface area is 115 Å². The molecular formula is C14H16BrNO2. The first-order valence-electron chi connectivity index (χ1n) is 6.12. The molecule has 18 heavy (non-hydrogen) atoms. The number of hydrogen-bond donors (Lipinski definition) is 0. The van der Waals surface area contributed by atoms with E-state index >= 15 is 0 Å². The molecule has 1 aromatic rings. The van der Waals surface area contributed by atoms with Gasteiger partial charge in [-0.3, -0.25) is 9.59 Å². The van der Waals surface area contributed by atoms with Crippen LogP contribution in [0.4, 0.5) is 0 Å². The van der Waals surface area contributed by atoms with Crippen LogP contribution in [-0.4, -0.2) is 23.1 Å². The van der Waals surface area contributed by atoms with Gasteiger partial charge in [-0.25, -0.2) is 0 Å². The van der Waals surface area contributed by atoms with E-state index in [-0.39, 0.29) is 24.2 Å². The highest BCUT2D eigenvalue weighted by atomic mass is 79.9. The lowest BCUT2D eigenvalue weighted by Gasteiger charge is -2.25.